The van der Waals surface area contributed by atoms with Crippen molar-refractivity contribution in [2.75, 3.05) is 25.2 Å². The van der Waals surface area contributed by atoms with Gasteiger partial charge in [-0.3, -0.25) is 0 Å². The molecule has 1 aromatic carbocycles. The van der Waals surface area contributed by atoms with Crippen molar-refractivity contribution in [1.82, 2.24) is 10.6 Å². The summed E-state index contributed by atoms with van der Waals surface area (Å²) >= 11 is 0. The van der Waals surface area contributed by atoms with Gasteiger partial charge in [-0.1, -0.05) is 0 Å². The number of sulfone groups is 1. The van der Waals surface area contributed by atoms with Crippen molar-refractivity contribution in [3.63, 3.8) is 0 Å². The molecular formula is C20H31N3O4S. The molecular weight excluding hydrogens is 378 g/mol. The lowest BCUT2D eigenvalue weighted by atomic mass is 10.2. The Morgan fingerprint density at radius 2 is 2.04 bits per heavy atom. The van der Waals surface area contributed by atoms with Crippen molar-refractivity contribution < 1.29 is 17.9 Å². The van der Waals surface area contributed by atoms with E-state index in [0.29, 0.717) is 25.5 Å². The van der Waals surface area contributed by atoms with Crippen LogP contribution in [0.5, 0.6) is 11.5 Å². The summed E-state index contributed by atoms with van der Waals surface area (Å²) in [4.78, 5) is 4.66. The van der Waals surface area contributed by atoms with Gasteiger partial charge >= 0.3 is 0 Å². The smallest absolute Gasteiger partial charge is 0.191 e. The predicted molar refractivity (Wildman–Crippen MR) is 111 cm³/mol. The summed E-state index contributed by atoms with van der Waals surface area (Å²) < 4.78 is 35.0. The molecule has 1 saturated heterocycles. The molecule has 1 saturated carbocycles. The van der Waals surface area contributed by atoms with Crippen LogP contribution in [0.15, 0.2) is 23.2 Å². The van der Waals surface area contributed by atoms with Crippen LogP contribution < -0.4 is 20.1 Å². The van der Waals surface area contributed by atoms with Crippen molar-refractivity contribution in [1.29, 1.82) is 0 Å². The van der Waals surface area contributed by atoms with E-state index in [4.69, 9.17) is 9.47 Å². The van der Waals surface area contributed by atoms with E-state index in [9.17, 15) is 8.42 Å². The molecule has 1 unspecified atom stereocenters. The maximum Gasteiger partial charge on any atom is 0.191 e. The van der Waals surface area contributed by atoms with Crippen LogP contribution in [-0.2, 0) is 16.4 Å². The molecule has 28 heavy (non-hydrogen) atoms. The average Bonchev–Trinajstić information content (AvgIpc) is 3.29. The first-order valence-electron chi connectivity index (χ1n) is 10.1. The number of aliphatic imine (C=N–C) groups is 1. The van der Waals surface area contributed by atoms with Crippen LogP contribution in [-0.4, -0.2) is 51.7 Å². The third-order valence-electron chi connectivity index (χ3n) is 5.20. The zero-order valence-corrected chi connectivity index (χ0v) is 17.6. The molecule has 1 aliphatic heterocycles. The van der Waals surface area contributed by atoms with E-state index in [-0.39, 0.29) is 23.7 Å². The van der Waals surface area contributed by atoms with E-state index in [0.717, 1.165) is 29.9 Å². The van der Waals surface area contributed by atoms with E-state index >= 15 is 0 Å². The third-order valence-corrected chi connectivity index (χ3v) is 6.96. The van der Waals surface area contributed by atoms with Crippen LogP contribution in [0.4, 0.5) is 0 Å². The summed E-state index contributed by atoms with van der Waals surface area (Å²) in [7, 11) is -1.28. The number of hydrogen-bond donors (Lipinski definition) is 2. The Bertz CT molecular complexity index is 789. The highest BCUT2D eigenvalue weighted by Crippen LogP contribution is 2.30. The Balaban J connectivity index is 1.71. The van der Waals surface area contributed by atoms with Gasteiger partial charge in [0.1, 0.15) is 11.5 Å². The predicted octanol–water partition coefficient (Wildman–Crippen LogP) is 2.26. The summed E-state index contributed by atoms with van der Waals surface area (Å²) in [5, 5.41) is 6.45. The van der Waals surface area contributed by atoms with Crippen molar-refractivity contribution >= 4 is 15.8 Å². The highest BCUT2D eigenvalue weighted by molar-refractivity contribution is 7.91. The Labute approximate surface area is 167 Å². The minimum absolute atomic E-state index is 0.0899. The lowest BCUT2D eigenvalue weighted by Crippen LogP contribution is -2.44. The van der Waals surface area contributed by atoms with Gasteiger partial charge in [0.15, 0.2) is 15.8 Å². The lowest BCUT2D eigenvalue weighted by Gasteiger charge is -2.18. The fraction of sp³-hybridized carbons (Fsp3) is 0.650. The van der Waals surface area contributed by atoms with Gasteiger partial charge in [0, 0.05) is 24.2 Å². The first-order chi connectivity index (χ1) is 13.5. The first kappa shape index (κ1) is 20.8. The van der Waals surface area contributed by atoms with Crippen LogP contribution >= 0.6 is 0 Å². The van der Waals surface area contributed by atoms with Gasteiger partial charge in [-0.05, 0) is 51.2 Å². The molecule has 3 rings (SSSR count). The summed E-state index contributed by atoms with van der Waals surface area (Å²) in [6, 6.07) is 5.73. The number of rotatable bonds is 7. The maximum absolute atomic E-state index is 11.7. The second kappa shape index (κ2) is 9.49. The van der Waals surface area contributed by atoms with Gasteiger partial charge in [0.25, 0.3) is 0 Å². The highest BCUT2D eigenvalue weighted by atomic mass is 32.2. The molecule has 7 nitrogen and oxygen atoms in total. The molecule has 1 aromatic rings. The fourth-order valence-corrected chi connectivity index (χ4v) is 5.35. The minimum Gasteiger partial charge on any atom is -0.497 e. The van der Waals surface area contributed by atoms with Gasteiger partial charge in [0.2, 0.25) is 0 Å². The molecule has 0 amide bonds. The SMILES string of the molecule is CCNC(=NCc1ccc(OC)cc1OC1CCCC1)NC1CCS(=O)(=O)C1. The molecule has 1 atom stereocenters. The number of guanidine groups is 1. The maximum atomic E-state index is 11.7. The van der Waals surface area contributed by atoms with Crippen molar-refractivity contribution in [3.05, 3.63) is 23.8 Å². The summed E-state index contributed by atoms with van der Waals surface area (Å²) in [5.41, 5.74) is 0.990. The number of hydrogen-bond acceptors (Lipinski definition) is 5. The monoisotopic (exact) mass is 409 g/mol. The highest BCUT2D eigenvalue weighted by Gasteiger charge is 2.28. The lowest BCUT2D eigenvalue weighted by molar-refractivity contribution is 0.207. The second-order valence-corrected chi connectivity index (χ2v) is 9.67. The van der Waals surface area contributed by atoms with Gasteiger partial charge < -0.3 is 20.1 Å². The second-order valence-electron chi connectivity index (χ2n) is 7.44. The molecule has 0 radical (unpaired) electrons. The van der Waals surface area contributed by atoms with Gasteiger partial charge in [0.05, 0.1) is 31.3 Å². The van der Waals surface area contributed by atoms with Gasteiger partial charge in [-0.15, -0.1) is 0 Å². The van der Waals surface area contributed by atoms with Crippen LogP contribution in [0.3, 0.4) is 0 Å². The van der Waals surface area contributed by atoms with Crippen molar-refractivity contribution in [2.45, 2.75) is 57.7 Å². The molecule has 0 aromatic heterocycles. The van der Waals surface area contributed by atoms with Gasteiger partial charge in [-0.25, -0.2) is 13.4 Å². The third kappa shape index (κ3) is 5.77. The Morgan fingerprint density at radius 1 is 1.25 bits per heavy atom. The van der Waals surface area contributed by atoms with Crippen molar-refractivity contribution in [2.24, 2.45) is 4.99 Å². The van der Waals surface area contributed by atoms with Crippen LogP contribution in [0, 0.1) is 0 Å². The normalized spacial score (nSPS) is 22.2. The van der Waals surface area contributed by atoms with Gasteiger partial charge in [-0.2, -0.15) is 0 Å². The number of ether oxygens (including phenoxy) is 2. The Kier molecular flexibility index (Phi) is 7.04. The van der Waals surface area contributed by atoms with Crippen molar-refractivity contribution in [3.8, 4) is 11.5 Å². The zero-order chi connectivity index (χ0) is 20.0. The number of nitrogens with one attached hydrogen (secondary N) is 2. The fourth-order valence-electron chi connectivity index (χ4n) is 3.67. The number of nitrogens with zero attached hydrogens (tertiary/aromatic N) is 1. The summed E-state index contributed by atoms with van der Waals surface area (Å²) in [5.74, 6) is 2.61. The minimum atomic E-state index is -2.93. The van der Waals surface area contributed by atoms with E-state index in [1.807, 2.05) is 25.1 Å². The van der Waals surface area contributed by atoms with Crippen LogP contribution in [0.25, 0.3) is 0 Å². The molecule has 2 aliphatic rings. The molecule has 156 valence electrons. The molecule has 2 N–H and O–H groups in total. The van der Waals surface area contributed by atoms with E-state index in [2.05, 4.69) is 15.6 Å². The Morgan fingerprint density at radius 3 is 2.68 bits per heavy atom. The molecule has 1 aliphatic carbocycles. The molecule has 0 bridgehead atoms. The molecule has 2 fully saturated rings. The molecule has 0 spiro atoms. The Hall–Kier alpha value is -1.96. The van der Waals surface area contributed by atoms with Crippen LogP contribution in [0.2, 0.25) is 0 Å². The number of benzene rings is 1. The quantitative estimate of drug-likeness (QED) is 0.530. The molecule has 1 heterocycles. The first-order valence-corrected chi connectivity index (χ1v) is 11.9. The number of methoxy groups -OCH3 is 1. The van der Waals surface area contributed by atoms with E-state index in [1.165, 1.54) is 12.8 Å². The average molecular weight is 410 g/mol. The standard InChI is InChI=1S/C20H31N3O4S/c1-3-21-20(23-16-10-11-28(24,25)14-16)22-13-15-8-9-18(26-2)12-19(15)27-17-6-4-5-7-17/h8-9,12,16-17H,3-7,10-11,13-14H2,1-2H3,(H2,21,22,23). The topological polar surface area (TPSA) is 89.0 Å². The summed E-state index contributed by atoms with van der Waals surface area (Å²) in [6.07, 6.45) is 5.46. The van der Waals surface area contributed by atoms with E-state index in [1.54, 1.807) is 7.11 Å². The zero-order valence-electron chi connectivity index (χ0n) is 16.7. The largest absolute Gasteiger partial charge is 0.497 e. The van der Waals surface area contributed by atoms with Crippen LogP contribution in [0.1, 0.15) is 44.6 Å². The molecule has 8 heteroatoms. The summed E-state index contributed by atoms with van der Waals surface area (Å²) in [6.45, 7) is 3.14. The van der Waals surface area contributed by atoms with E-state index < -0.39 is 9.84 Å².